The first-order valence-corrected chi connectivity index (χ1v) is 5.41. The Morgan fingerprint density at radius 2 is 2.00 bits per heavy atom. The molecule has 4 heteroatoms. The molecule has 94 valence electrons. The molecular weight excluding hydrogens is 218 g/mol. The Kier molecular flexibility index (Phi) is 4.12. The van der Waals surface area contributed by atoms with Gasteiger partial charge < -0.3 is 15.2 Å². The molecular formula is C13H19NO3. The molecule has 0 aliphatic rings. The molecule has 0 atom stereocenters. The maximum absolute atomic E-state index is 11.4. The predicted octanol–water partition coefficient (Wildman–Crippen LogP) is 1.76. The van der Waals surface area contributed by atoms with E-state index >= 15 is 0 Å². The van der Waals surface area contributed by atoms with Crippen molar-refractivity contribution < 1.29 is 14.3 Å². The van der Waals surface area contributed by atoms with Gasteiger partial charge in [0, 0.05) is 5.54 Å². The summed E-state index contributed by atoms with van der Waals surface area (Å²) in [5.41, 5.74) is 7.03. The number of carbonyl (C=O) groups is 1. The maximum Gasteiger partial charge on any atom is 0.337 e. The molecule has 17 heavy (non-hydrogen) atoms. The molecule has 0 fully saturated rings. The zero-order valence-corrected chi connectivity index (χ0v) is 10.7. The van der Waals surface area contributed by atoms with E-state index in [4.69, 9.17) is 10.5 Å². The first-order valence-electron chi connectivity index (χ1n) is 5.41. The van der Waals surface area contributed by atoms with E-state index in [1.807, 2.05) is 13.8 Å². The van der Waals surface area contributed by atoms with E-state index in [9.17, 15) is 4.79 Å². The van der Waals surface area contributed by atoms with Crippen LogP contribution in [0.4, 0.5) is 0 Å². The van der Waals surface area contributed by atoms with Gasteiger partial charge in [-0.15, -0.1) is 0 Å². The van der Waals surface area contributed by atoms with Gasteiger partial charge in [0.25, 0.3) is 0 Å². The number of nitrogens with two attached hydrogens (primary N) is 1. The van der Waals surface area contributed by atoms with E-state index in [1.165, 1.54) is 7.11 Å². The molecule has 0 bridgehead atoms. The molecule has 2 N–H and O–H groups in total. The van der Waals surface area contributed by atoms with Crippen LogP contribution >= 0.6 is 0 Å². The molecule has 0 saturated heterocycles. The van der Waals surface area contributed by atoms with E-state index in [0.717, 1.165) is 11.3 Å². The van der Waals surface area contributed by atoms with Crippen molar-refractivity contribution in [1.29, 1.82) is 0 Å². The van der Waals surface area contributed by atoms with Crippen molar-refractivity contribution in [2.45, 2.75) is 25.8 Å². The lowest BCUT2D eigenvalue weighted by atomic mass is 9.94. The summed E-state index contributed by atoms with van der Waals surface area (Å²) in [6.45, 7) is 3.86. The van der Waals surface area contributed by atoms with Gasteiger partial charge in [0.1, 0.15) is 5.75 Å². The second-order valence-corrected chi connectivity index (χ2v) is 4.68. The van der Waals surface area contributed by atoms with Gasteiger partial charge in [0.2, 0.25) is 0 Å². The number of ether oxygens (including phenoxy) is 2. The lowest BCUT2D eigenvalue weighted by molar-refractivity contribution is 0.0600. The summed E-state index contributed by atoms with van der Waals surface area (Å²) in [7, 11) is 2.96. The highest BCUT2D eigenvalue weighted by atomic mass is 16.5. The van der Waals surface area contributed by atoms with Crippen molar-refractivity contribution >= 4 is 5.97 Å². The monoisotopic (exact) mass is 237 g/mol. The van der Waals surface area contributed by atoms with Crippen molar-refractivity contribution in [1.82, 2.24) is 0 Å². The second-order valence-electron chi connectivity index (χ2n) is 4.68. The number of carbonyl (C=O) groups excluding carboxylic acids is 1. The largest absolute Gasteiger partial charge is 0.496 e. The summed E-state index contributed by atoms with van der Waals surface area (Å²) in [5.74, 6) is 0.375. The lowest BCUT2D eigenvalue weighted by Crippen LogP contribution is -2.34. The predicted molar refractivity (Wildman–Crippen MR) is 66.3 cm³/mol. The molecule has 0 amide bonds. The van der Waals surface area contributed by atoms with Crippen LogP contribution in [0.2, 0.25) is 0 Å². The third-order valence-corrected chi connectivity index (χ3v) is 2.35. The second kappa shape index (κ2) is 5.19. The Bertz CT molecular complexity index is 408. The number of benzene rings is 1. The molecule has 0 spiro atoms. The average molecular weight is 237 g/mol. The Morgan fingerprint density at radius 1 is 1.35 bits per heavy atom. The molecule has 4 nitrogen and oxygen atoms in total. The van der Waals surface area contributed by atoms with Gasteiger partial charge in [0.15, 0.2) is 0 Å². The van der Waals surface area contributed by atoms with Gasteiger partial charge in [-0.25, -0.2) is 4.79 Å². The third-order valence-electron chi connectivity index (χ3n) is 2.35. The molecule has 0 unspecified atom stereocenters. The zero-order chi connectivity index (χ0) is 13.1. The van der Waals surface area contributed by atoms with Crippen LogP contribution in [0.15, 0.2) is 18.2 Å². The van der Waals surface area contributed by atoms with Crippen molar-refractivity contribution in [3.8, 4) is 5.75 Å². The highest BCUT2D eigenvalue weighted by molar-refractivity contribution is 5.89. The summed E-state index contributed by atoms with van der Waals surface area (Å²) in [5, 5.41) is 0. The Labute approximate surface area is 102 Å². The normalized spacial score (nSPS) is 11.1. The van der Waals surface area contributed by atoms with Crippen molar-refractivity contribution in [2.24, 2.45) is 5.73 Å². The number of methoxy groups -OCH3 is 2. The summed E-state index contributed by atoms with van der Waals surface area (Å²) >= 11 is 0. The lowest BCUT2D eigenvalue weighted by Gasteiger charge is -2.20. The molecule has 0 aromatic heterocycles. The molecule has 0 saturated carbocycles. The minimum absolute atomic E-state index is 0.358. The summed E-state index contributed by atoms with van der Waals surface area (Å²) in [6.07, 6.45) is 0.626. The van der Waals surface area contributed by atoms with Gasteiger partial charge in [-0.1, -0.05) is 0 Å². The molecule has 1 aromatic carbocycles. The van der Waals surface area contributed by atoms with Crippen LogP contribution in [-0.4, -0.2) is 25.7 Å². The fourth-order valence-corrected chi connectivity index (χ4v) is 1.65. The van der Waals surface area contributed by atoms with Crippen LogP contribution in [0.25, 0.3) is 0 Å². The van der Waals surface area contributed by atoms with E-state index in [1.54, 1.807) is 25.3 Å². The molecule has 0 aliphatic heterocycles. The summed E-state index contributed by atoms with van der Waals surface area (Å²) in [4.78, 5) is 11.4. The van der Waals surface area contributed by atoms with Crippen LogP contribution in [0, 0.1) is 0 Å². The van der Waals surface area contributed by atoms with Crippen LogP contribution < -0.4 is 10.5 Å². The minimum atomic E-state index is -0.359. The zero-order valence-electron chi connectivity index (χ0n) is 10.7. The maximum atomic E-state index is 11.4. The van der Waals surface area contributed by atoms with Crippen molar-refractivity contribution in [2.75, 3.05) is 14.2 Å². The number of rotatable bonds is 4. The first kappa shape index (κ1) is 13.5. The van der Waals surface area contributed by atoms with Crippen molar-refractivity contribution in [3.63, 3.8) is 0 Å². The fraction of sp³-hybridized carbons (Fsp3) is 0.462. The number of hydrogen-bond donors (Lipinski definition) is 1. The number of esters is 1. The van der Waals surface area contributed by atoms with Gasteiger partial charge in [0.05, 0.1) is 19.8 Å². The van der Waals surface area contributed by atoms with Crippen LogP contribution in [-0.2, 0) is 11.2 Å². The Hall–Kier alpha value is -1.55. The van der Waals surface area contributed by atoms with Gasteiger partial charge in [-0.05, 0) is 44.0 Å². The average Bonchev–Trinajstić information content (AvgIpc) is 2.25. The van der Waals surface area contributed by atoms with Gasteiger partial charge in [-0.3, -0.25) is 0 Å². The quantitative estimate of drug-likeness (QED) is 0.811. The van der Waals surface area contributed by atoms with Crippen molar-refractivity contribution in [3.05, 3.63) is 29.3 Å². The fourth-order valence-electron chi connectivity index (χ4n) is 1.65. The van der Waals surface area contributed by atoms with Crippen LogP contribution in [0.1, 0.15) is 29.8 Å². The summed E-state index contributed by atoms with van der Waals surface area (Å²) < 4.78 is 9.94. The highest BCUT2D eigenvalue weighted by Crippen LogP contribution is 2.23. The van der Waals surface area contributed by atoms with E-state index < -0.39 is 0 Å². The first-order chi connectivity index (χ1) is 7.87. The Balaban J connectivity index is 3.11. The smallest absolute Gasteiger partial charge is 0.337 e. The highest BCUT2D eigenvalue weighted by Gasteiger charge is 2.17. The SMILES string of the molecule is COC(=O)c1ccc(OC)c(CC(C)(C)N)c1. The van der Waals surface area contributed by atoms with Gasteiger partial charge >= 0.3 is 5.97 Å². The van der Waals surface area contributed by atoms with E-state index in [2.05, 4.69) is 4.74 Å². The molecule has 1 aromatic rings. The molecule has 0 aliphatic carbocycles. The molecule has 0 radical (unpaired) electrons. The van der Waals surface area contributed by atoms with E-state index in [0.29, 0.717) is 12.0 Å². The standard InChI is InChI=1S/C13H19NO3/c1-13(2,14)8-10-7-9(12(15)17-4)5-6-11(10)16-3/h5-7H,8,14H2,1-4H3. The van der Waals surface area contributed by atoms with Crippen LogP contribution in [0.5, 0.6) is 5.75 Å². The van der Waals surface area contributed by atoms with Gasteiger partial charge in [-0.2, -0.15) is 0 Å². The molecule has 1 rings (SSSR count). The van der Waals surface area contributed by atoms with E-state index in [-0.39, 0.29) is 11.5 Å². The number of hydrogen-bond acceptors (Lipinski definition) is 4. The molecule has 0 heterocycles. The van der Waals surface area contributed by atoms with Crippen LogP contribution in [0.3, 0.4) is 0 Å². The summed E-state index contributed by atoms with van der Waals surface area (Å²) in [6, 6.07) is 5.20. The minimum Gasteiger partial charge on any atom is -0.496 e. The topological polar surface area (TPSA) is 61.5 Å². The Morgan fingerprint density at radius 3 is 2.47 bits per heavy atom. The third kappa shape index (κ3) is 3.75.